The van der Waals surface area contributed by atoms with E-state index in [-0.39, 0.29) is 22.6 Å². The molecule has 0 radical (unpaired) electrons. The second-order valence-corrected chi connectivity index (χ2v) is 7.33. The number of halogens is 2. The summed E-state index contributed by atoms with van der Waals surface area (Å²) in [6.45, 7) is 0.337. The van der Waals surface area contributed by atoms with Crippen molar-refractivity contribution in [2.45, 2.75) is 18.9 Å². The highest BCUT2D eigenvalue weighted by atomic mass is 35.5. The standard InChI is InChI=1S/C16H13Cl2NO3S/c17-12-3-1-2-9(14(12)18)10-6-11(10)15(20)19-7-8-4-5-13(23-8)16(21)22/h1-5,10-11H,6-7H2,(H,19,20)(H,21,22). The van der Waals surface area contributed by atoms with E-state index in [0.717, 1.165) is 28.2 Å². The summed E-state index contributed by atoms with van der Waals surface area (Å²) in [6.07, 6.45) is 0.747. The zero-order valence-electron chi connectivity index (χ0n) is 11.9. The summed E-state index contributed by atoms with van der Waals surface area (Å²) in [6, 6.07) is 8.70. The molecule has 1 fully saturated rings. The van der Waals surface area contributed by atoms with Crippen LogP contribution in [0, 0.1) is 5.92 Å². The minimum absolute atomic E-state index is 0.0451. The van der Waals surface area contributed by atoms with E-state index in [1.165, 1.54) is 0 Å². The lowest BCUT2D eigenvalue weighted by molar-refractivity contribution is -0.122. The van der Waals surface area contributed by atoms with Gasteiger partial charge in [0.2, 0.25) is 5.91 Å². The number of hydrogen-bond acceptors (Lipinski definition) is 3. The second kappa shape index (κ2) is 6.51. The molecule has 23 heavy (non-hydrogen) atoms. The fourth-order valence-corrected chi connectivity index (χ4v) is 3.76. The van der Waals surface area contributed by atoms with Gasteiger partial charge in [0.05, 0.1) is 16.6 Å². The van der Waals surface area contributed by atoms with Crippen LogP contribution >= 0.6 is 34.5 Å². The van der Waals surface area contributed by atoms with E-state index >= 15 is 0 Å². The van der Waals surface area contributed by atoms with Gasteiger partial charge in [0.15, 0.2) is 0 Å². The number of rotatable bonds is 5. The van der Waals surface area contributed by atoms with Gasteiger partial charge in [-0.3, -0.25) is 4.79 Å². The SMILES string of the molecule is O=C(O)c1ccc(CNC(=O)C2CC2c2cccc(Cl)c2Cl)s1. The van der Waals surface area contributed by atoms with Crippen molar-refractivity contribution in [3.05, 3.63) is 55.7 Å². The molecule has 1 amide bonds. The van der Waals surface area contributed by atoms with Crippen LogP contribution in [0.1, 0.15) is 32.5 Å². The van der Waals surface area contributed by atoms with Gasteiger partial charge in [-0.1, -0.05) is 35.3 Å². The maximum Gasteiger partial charge on any atom is 0.345 e. The van der Waals surface area contributed by atoms with Crippen LogP contribution in [0.4, 0.5) is 0 Å². The third-order valence-electron chi connectivity index (χ3n) is 3.82. The molecule has 4 nitrogen and oxygen atoms in total. The first-order valence-electron chi connectivity index (χ1n) is 7.01. The van der Waals surface area contributed by atoms with Gasteiger partial charge in [0, 0.05) is 10.8 Å². The van der Waals surface area contributed by atoms with Gasteiger partial charge in [-0.15, -0.1) is 11.3 Å². The highest BCUT2D eigenvalue weighted by Crippen LogP contribution is 2.50. The summed E-state index contributed by atoms with van der Waals surface area (Å²) in [7, 11) is 0. The number of nitrogens with one attached hydrogen (secondary N) is 1. The van der Waals surface area contributed by atoms with E-state index in [1.807, 2.05) is 12.1 Å². The summed E-state index contributed by atoms with van der Waals surface area (Å²) in [5, 5.41) is 12.7. The van der Waals surface area contributed by atoms with Crippen LogP contribution in [0.25, 0.3) is 0 Å². The van der Waals surface area contributed by atoms with E-state index in [2.05, 4.69) is 5.32 Å². The number of amides is 1. The predicted octanol–water partition coefficient (Wildman–Crippen LogP) is 4.17. The average Bonchev–Trinajstić information content (AvgIpc) is 3.16. The molecule has 1 aromatic carbocycles. The molecular formula is C16H13Cl2NO3S. The first kappa shape index (κ1) is 16.3. The van der Waals surface area contributed by atoms with Crippen molar-refractivity contribution in [3.8, 4) is 0 Å². The van der Waals surface area contributed by atoms with Crippen LogP contribution in [-0.4, -0.2) is 17.0 Å². The van der Waals surface area contributed by atoms with Crippen molar-refractivity contribution in [1.29, 1.82) is 0 Å². The molecule has 7 heteroatoms. The van der Waals surface area contributed by atoms with Crippen LogP contribution in [0.15, 0.2) is 30.3 Å². The van der Waals surface area contributed by atoms with E-state index in [9.17, 15) is 9.59 Å². The Morgan fingerprint density at radius 2 is 2.04 bits per heavy atom. The van der Waals surface area contributed by atoms with Crippen LogP contribution in [0.5, 0.6) is 0 Å². The molecule has 120 valence electrons. The fourth-order valence-electron chi connectivity index (χ4n) is 2.53. The number of carboxylic acids is 1. The molecule has 1 heterocycles. The summed E-state index contributed by atoms with van der Waals surface area (Å²) >= 11 is 13.4. The zero-order chi connectivity index (χ0) is 16.6. The Morgan fingerprint density at radius 1 is 1.26 bits per heavy atom. The van der Waals surface area contributed by atoms with Crippen LogP contribution < -0.4 is 5.32 Å². The highest BCUT2D eigenvalue weighted by Gasteiger charge is 2.44. The average molecular weight is 370 g/mol. The largest absolute Gasteiger partial charge is 0.477 e. The van der Waals surface area contributed by atoms with Gasteiger partial charge >= 0.3 is 5.97 Å². The Bertz CT molecular complexity index is 774. The smallest absolute Gasteiger partial charge is 0.345 e. The Labute approximate surface area is 147 Å². The minimum Gasteiger partial charge on any atom is -0.477 e. The molecule has 1 aromatic heterocycles. The van der Waals surface area contributed by atoms with E-state index in [0.29, 0.717) is 16.6 Å². The monoisotopic (exact) mass is 369 g/mol. The third kappa shape index (κ3) is 3.52. The molecule has 2 aromatic rings. The molecule has 3 rings (SSSR count). The number of benzene rings is 1. The van der Waals surface area contributed by atoms with Gasteiger partial charge in [-0.2, -0.15) is 0 Å². The molecule has 0 saturated heterocycles. The molecule has 2 N–H and O–H groups in total. The fraction of sp³-hybridized carbons (Fsp3) is 0.250. The topological polar surface area (TPSA) is 66.4 Å². The molecule has 1 saturated carbocycles. The van der Waals surface area contributed by atoms with Gasteiger partial charge in [-0.05, 0) is 36.1 Å². The van der Waals surface area contributed by atoms with Gasteiger partial charge < -0.3 is 10.4 Å². The van der Waals surface area contributed by atoms with Crippen molar-refractivity contribution >= 4 is 46.4 Å². The Kier molecular flexibility index (Phi) is 4.62. The lowest BCUT2D eigenvalue weighted by atomic mass is 10.1. The first-order valence-corrected chi connectivity index (χ1v) is 8.58. The van der Waals surface area contributed by atoms with Crippen LogP contribution in [0.2, 0.25) is 10.0 Å². The van der Waals surface area contributed by atoms with Crippen LogP contribution in [-0.2, 0) is 11.3 Å². The van der Waals surface area contributed by atoms with Gasteiger partial charge in [0.25, 0.3) is 0 Å². The lowest BCUT2D eigenvalue weighted by Gasteiger charge is -2.06. The number of carbonyl (C=O) groups excluding carboxylic acids is 1. The molecular weight excluding hydrogens is 357 g/mol. The summed E-state index contributed by atoms with van der Waals surface area (Å²) in [5.74, 6) is -1.01. The maximum absolute atomic E-state index is 12.2. The summed E-state index contributed by atoms with van der Waals surface area (Å²) in [4.78, 5) is 24.1. The highest BCUT2D eigenvalue weighted by molar-refractivity contribution is 7.13. The number of thiophene rings is 1. The summed E-state index contributed by atoms with van der Waals surface area (Å²) < 4.78 is 0. The van der Waals surface area contributed by atoms with Gasteiger partial charge in [-0.25, -0.2) is 4.79 Å². The number of carboxylic acid groups (broad SMARTS) is 1. The predicted molar refractivity (Wildman–Crippen MR) is 90.4 cm³/mol. The van der Waals surface area contributed by atoms with Crippen molar-refractivity contribution in [2.24, 2.45) is 5.92 Å². The molecule has 1 aliphatic rings. The Morgan fingerprint density at radius 3 is 2.74 bits per heavy atom. The molecule has 0 aliphatic heterocycles. The number of aromatic carboxylic acids is 1. The van der Waals surface area contributed by atoms with E-state index < -0.39 is 5.97 Å². The van der Waals surface area contributed by atoms with Crippen molar-refractivity contribution in [2.75, 3.05) is 0 Å². The first-order chi connectivity index (χ1) is 11.0. The third-order valence-corrected chi connectivity index (χ3v) is 5.72. The van der Waals surface area contributed by atoms with E-state index in [1.54, 1.807) is 18.2 Å². The number of carbonyl (C=O) groups is 2. The molecule has 0 spiro atoms. The lowest BCUT2D eigenvalue weighted by Crippen LogP contribution is -2.24. The molecule has 2 unspecified atom stereocenters. The molecule has 1 aliphatic carbocycles. The Balaban J connectivity index is 1.58. The van der Waals surface area contributed by atoms with Crippen LogP contribution in [0.3, 0.4) is 0 Å². The maximum atomic E-state index is 12.2. The molecule has 0 bridgehead atoms. The quantitative estimate of drug-likeness (QED) is 0.830. The van der Waals surface area contributed by atoms with Crippen molar-refractivity contribution in [1.82, 2.24) is 5.32 Å². The van der Waals surface area contributed by atoms with Gasteiger partial charge in [0.1, 0.15) is 4.88 Å². The number of hydrogen-bond donors (Lipinski definition) is 2. The van der Waals surface area contributed by atoms with Crippen molar-refractivity contribution < 1.29 is 14.7 Å². The zero-order valence-corrected chi connectivity index (χ0v) is 14.2. The second-order valence-electron chi connectivity index (χ2n) is 5.38. The van der Waals surface area contributed by atoms with Crippen molar-refractivity contribution in [3.63, 3.8) is 0 Å². The normalized spacial score (nSPS) is 19.4. The van der Waals surface area contributed by atoms with E-state index in [4.69, 9.17) is 28.3 Å². The minimum atomic E-state index is -0.953. The molecule has 2 atom stereocenters. The summed E-state index contributed by atoms with van der Waals surface area (Å²) in [5.41, 5.74) is 0.906. The Hall–Kier alpha value is -1.56.